The average Bonchev–Trinajstić information content (AvgIpc) is 2.33. The Hall–Kier alpha value is -1.23. The van der Waals surface area contributed by atoms with E-state index in [0.717, 1.165) is 29.7 Å². The predicted molar refractivity (Wildman–Crippen MR) is 65.7 cm³/mol. The first kappa shape index (κ1) is 14.8. The van der Waals surface area contributed by atoms with Crippen LogP contribution in [0.15, 0.2) is 18.2 Å². The van der Waals surface area contributed by atoms with Crippen molar-refractivity contribution in [1.29, 1.82) is 0 Å². The van der Waals surface area contributed by atoms with E-state index in [-0.39, 0.29) is 13.2 Å². The van der Waals surface area contributed by atoms with Crippen LogP contribution >= 0.6 is 0 Å². The molecule has 0 saturated heterocycles. The lowest BCUT2D eigenvalue weighted by atomic mass is 10.0. The van der Waals surface area contributed by atoms with E-state index in [1.54, 1.807) is 0 Å². The second kappa shape index (κ2) is 6.64. The fraction of sp³-hybridized carbons (Fsp3) is 0.538. The van der Waals surface area contributed by atoms with Gasteiger partial charge in [0.1, 0.15) is 0 Å². The second-order valence-corrected chi connectivity index (χ2v) is 3.88. The molecule has 18 heavy (non-hydrogen) atoms. The van der Waals surface area contributed by atoms with Crippen molar-refractivity contribution in [2.24, 2.45) is 0 Å². The molecule has 0 aliphatic rings. The highest BCUT2D eigenvalue weighted by Gasteiger charge is 2.28. The van der Waals surface area contributed by atoms with Crippen LogP contribution in [0.25, 0.3) is 0 Å². The van der Waals surface area contributed by atoms with Crippen LogP contribution in [0.2, 0.25) is 0 Å². The summed E-state index contributed by atoms with van der Waals surface area (Å²) in [5.41, 5.74) is 3.16. The van der Waals surface area contributed by atoms with Crippen molar-refractivity contribution >= 4 is 5.69 Å². The summed E-state index contributed by atoms with van der Waals surface area (Å²) in [6.45, 7) is 3.80. The SMILES string of the molecule is CCc1cccc(CC)c1NCCOC(F)(F)F. The molecule has 102 valence electrons. The van der Waals surface area contributed by atoms with E-state index in [9.17, 15) is 13.2 Å². The number of ether oxygens (including phenoxy) is 1. The van der Waals surface area contributed by atoms with Crippen molar-refractivity contribution < 1.29 is 17.9 Å². The predicted octanol–water partition coefficient (Wildman–Crippen LogP) is 3.76. The van der Waals surface area contributed by atoms with Gasteiger partial charge in [0, 0.05) is 12.2 Å². The minimum Gasteiger partial charge on any atom is -0.382 e. The summed E-state index contributed by atoms with van der Waals surface area (Å²) in [5.74, 6) is 0. The number of alkyl halides is 3. The van der Waals surface area contributed by atoms with Crippen molar-refractivity contribution in [3.8, 4) is 0 Å². The number of nitrogens with one attached hydrogen (secondary N) is 1. The number of hydrogen-bond acceptors (Lipinski definition) is 2. The van der Waals surface area contributed by atoms with Gasteiger partial charge >= 0.3 is 6.36 Å². The van der Waals surface area contributed by atoms with Gasteiger partial charge in [-0.15, -0.1) is 13.2 Å². The Bertz CT molecular complexity index is 355. The minimum atomic E-state index is -4.56. The first-order valence-corrected chi connectivity index (χ1v) is 6.03. The zero-order valence-electron chi connectivity index (χ0n) is 10.6. The quantitative estimate of drug-likeness (QED) is 0.787. The third-order valence-electron chi connectivity index (χ3n) is 2.67. The Labute approximate surface area is 105 Å². The van der Waals surface area contributed by atoms with Crippen LogP contribution in [0.1, 0.15) is 25.0 Å². The number of benzene rings is 1. The summed E-state index contributed by atoms with van der Waals surface area (Å²) >= 11 is 0. The van der Waals surface area contributed by atoms with Crippen LogP contribution in [0.3, 0.4) is 0 Å². The van der Waals surface area contributed by atoms with Crippen LogP contribution in [0, 0.1) is 0 Å². The summed E-state index contributed by atoms with van der Waals surface area (Å²) in [5, 5.41) is 3.03. The Kier molecular flexibility index (Phi) is 5.47. The van der Waals surface area contributed by atoms with Gasteiger partial charge in [-0.1, -0.05) is 32.0 Å². The summed E-state index contributed by atoms with van der Waals surface area (Å²) in [6, 6.07) is 5.92. The highest BCUT2D eigenvalue weighted by Crippen LogP contribution is 2.22. The van der Waals surface area contributed by atoms with E-state index in [1.807, 2.05) is 32.0 Å². The molecule has 0 aliphatic heterocycles. The maximum atomic E-state index is 11.8. The molecule has 0 radical (unpaired) electrons. The summed E-state index contributed by atoms with van der Waals surface area (Å²) in [7, 11) is 0. The molecule has 0 amide bonds. The topological polar surface area (TPSA) is 21.3 Å². The summed E-state index contributed by atoms with van der Waals surface area (Å²) in [6.07, 6.45) is -2.87. The van der Waals surface area contributed by atoms with Gasteiger partial charge < -0.3 is 5.32 Å². The smallest absolute Gasteiger partial charge is 0.382 e. The fourth-order valence-corrected chi connectivity index (χ4v) is 1.81. The molecule has 1 aromatic rings. The molecular formula is C13H18F3NO. The highest BCUT2D eigenvalue weighted by atomic mass is 19.4. The maximum absolute atomic E-state index is 11.8. The lowest BCUT2D eigenvalue weighted by Gasteiger charge is -2.15. The van der Waals surface area contributed by atoms with Gasteiger partial charge in [0.15, 0.2) is 0 Å². The number of para-hydroxylation sites is 1. The zero-order valence-corrected chi connectivity index (χ0v) is 10.6. The Morgan fingerprint density at radius 1 is 1.11 bits per heavy atom. The van der Waals surface area contributed by atoms with Crippen molar-refractivity contribution in [3.63, 3.8) is 0 Å². The van der Waals surface area contributed by atoms with E-state index in [4.69, 9.17) is 0 Å². The first-order valence-electron chi connectivity index (χ1n) is 6.03. The largest absolute Gasteiger partial charge is 0.522 e. The molecule has 2 nitrogen and oxygen atoms in total. The van der Waals surface area contributed by atoms with Crippen LogP contribution in [-0.4, -0.2) is 19.5 Å². The van der Waals surface area contributed by atoms with Crippen LogP contribution in [0.4, 0.5) is 18.9 Å². The van der Waals surface area contributed by atoms with Crippen molar-refractivity contribution in [1.82, 2.24) is 0 Å². The normalized spacial score (nSPS) is 11.6. The van der Waals surface area contributed by atoms with Crippen molar-refractivity contribution in [2.75, 3.05) is 18.5 Å². The minimum absolute atomic E-state index is 0.142. The molecule has 0 atom stereocenters. The molecule has 1 aromatic carbocycles. The van der Waals surface area contributed by atoms with E-state index < -0.39 is 6.36 Å². The summed E-state index contributed by atoms with van der Waals surface area (Å²) < 4.78 is 39.2. The monoisotopic (exact) mass is 261 g/mol. The summed E-state index contributed by atoms with van der Waals surface area (Å²) in [4.78, 5) is 0. The Balaban J connectivity index is 2.60. The third-order valence-corrected chi connectivity index (χ3v) is 2.67. The van der Waals surface area contributed by atoms with E-state index in [1.165, 1.54) is 0 Å². The van der Waals surface area contributed by atoms with Gasteiger partial charge in [-0.3, -0.25) is 4.74 Å². The first-order chi connectivity index (χ1) is 8.48. The zero-order chi connectivity index (χ0) is 13.6. The maximum Gasteiger partial charge on any atom is 0.522 e. The van der Waals surface area contributed by atoms with Gasteiger partial charge in [0.25, 0.3) is 0 Å². The Morgan fingerprint density at radius 3 is 2.11 bits per heavy atom. The average molecular weight is 261 g/mol. The lowest BCUT2D eigenvalue weighted by Crippen LogP contribution is -2.20. The molecule has 0 bridgehead atoms. The van der Waals surface area contributed by atoms with Gasteiger partial charge in [0.2, 0.25) is 0 Å². The van der Waals surface area contributed by atoms with Crippen LogP contribution in [0.5, 0.6) is 0 Å². The number of anilines is 1. The molecule has 0 fully saturated rings. The molecule has 0 aliphatic carbocycles. The van der Waals surface area contributed by atoms with E-state index >= 15 is 0 Å². The highest BCUT2D eigenvalue weighted by molar-refractivity contribution is 5.57. The van der Waals surface area contributed by atoms with Crippen molar-refractivity contribution in [2.45, 2.75) is 33.1 Å². The molecule has 0 aromatic heterocycles. The lowest BCUT2D eigenvalue weighted by molar-refractivity contribution is -0.322. The second-order valence-electron chi connectivity index (χ2n) is 3.88. The van der Waals surface area contributed by atoms with Gasteiger partial charge in [-0.2, -0.15) is 0 Å². The third kappa shape index (κ3) is 4.56. The van der Waals surface area contributed by atoms with Crippen molar-refractivity contribution in [3.05, 3.63) is 29.3 Å². The van der Waals surface area contributed by atoms with E-state index in [0.29, 0.717) is 0 Å². The van der Waals surface area contributed by atoms with Gasteiger partial charge in [0.05, 0.1) is 6.61 Å². The van der Waals surface area contributed by atoms with Gasteiger partial charge in [-0.25, -0.2) is 0 Å². The molecule has 1 rings (SSSR count). The molecule has 0 unspecified atom stereocenters. The molecule has 0 heterocycles. The number of rotatable bonds is 6. The standard InChI is InChI=1S/C13H18F3NO/c1-3-10-6-5-7-11(4-2)12(10)17-8-9-18-13(14,15)16/h5-7,17H,3-4,8-9H2,1-2H3. The van der Waals surface area contributed by atoms with Crippen LogP contribution < -0.4 is 5.32 Å². The number of halogens is 3. The number of hydrogen-bond donors (Lipinski definition) is 1. The van der Waals surface area contributed by atoms with Crippen LogP contribution in [-0.2, 0) is 17.6 Å². The number of aryl methyl sites for hydroxylation is 2. The fourth-order valence-electron chi connectivity index (χ4n) is 1.81. The molecule has 1 N–H and O–H groups in total. The Morgan fingerprint density at radius 2 is 1.67 bits per heavy atom. The van der Waals surface area contributed by atoms with E-state index in [2.05, 4.69) is 10.1 Å². The molecular weight excluding hydrogens is 243 g/mol. The molecule has 0 spiro atoms. The molecule has 5 heteroatoms. The molecule has 0 saturated carbocycles. The van der Waals surface area contributed by atoms with Gasteiger partial charge in [-0.05, 0) is 24.0 Å².